The zero-order chi connectivity index (χ0) is 15.0. The van der Waals surface area contributed by atoms with Crippen molar-refractivity contribution in [3.63, 3.8) is 0 Å². The number of methoxy groups -OCH3 is 1. The van der Waals surface area contributed by atoms with Crippen molar-refractivity contribution in [1.82, 2.24) is 10.2 Å². The standard InChI is InChI=1S/C12H22N2O5/c1-5-14(7-6-9(15)16)12(18)13-10(8(2)3)11(17)19-4/h8,10H,5-7H2,1-4H3,(H,13,18)(H,15,16). The topological polar surface area (TPSA) is 95.9 Å². The van der Waals surface area contributed by atoms with Crippen LogP contribution in [0.15, 0.2) is 0 Å². The van der Waals surface area contributed by atoms with Gasteiger partial charge in [0.1, 0.15) is 6.04 Å². The molecule has 0 spiro atoms. The summed E-state index contributed by atoms with van der Waals surface area (Å²) in [5.41, 5.74) is 0. The quantitative estimate of drug-likeness (QED) is 0.666. The van der Waals surface area contributed by atoms with Crippen LogP contribution in [-0.2, 0) is 14.3 Å². The summed E-state index contributed by atoms with van der Waals surface area (Å²) in [4.78, 5) is 35.3. The van der Waals surface area contributed by atoms with Crippen LogP contribution in [0.4, 0.5) is 4.79 Å². The molecule has 2 amide bonds. The Hall–Kier alpha value is -1.79. The summed E-state index contributed by atoms with van der Waals surface area (Å²) >= 11 is 0. The van der Waals surface area contributed by atoms with Crippen LogP contribution in [0.1, 0.15) is 27.2 Å². The highest BCUT2D eigenvalue weighted by Crippen LogP contribution is 2.05. The van der Waals surface area contributed by atoms with Crippen molar-refractivity contribution >= 4 is 18.0 Å². The second-order valence-electron chi connectivity index (χ2n) is 4.42. The van der Waals surface area contributed by atoms with Gasteiger partial charge in [-0.15, -0.1) is 0 Å². The fourth-order valence-electron chi connectivity index (χ4n) is 1.48. The van der Waals surface area contributed by atoms with Crippen LogP contribution < -0.4 is 5.32 Å². The number of hydrogen-bond acceptors (Lipinski definition) is 4. The van der Waals surface area contributed by atoms with Crippen LogP contribution in [0.5, 0.6) is 0 Å². The number of nitrogens with one attached hydrogen (secondary N) is 1. The average Bonchev–Trinajstić information content (AvgIpc) is 2.34. The smallest absolute Gasteiger partial charge is 0.328 e. The molecule has 0 heterocycles. The molecule has 0 aromatic rings. The van der Waals surface area contributed by atoms with Gasteiger partial charge in [0.15, 0.2) is 0 Å². The molecule has 0 rings (SSSR count). The Morgan fingerprint density at radius 1 is 1.32 bits per heavy atom. The van der Waals surface area contributed by atoms with Gasteiger partial charge in [0, 0.05) is 13.1 Å². The second kappa shape index (κ2) is 8.34. The van der Waals surface area contributed by atoms with Crippen molar-refractivity contribution in [3.8, 4) is 0 Å². The van der Waals surface area contributed by atoms with Gasteiger partial charge >= 0.3 is 18.0 Å². The number of carboxylic acids is 1. The summed E-state index contributed by atoms with van der Waals surface area (Å²) < 4.78 is 4.62. The molecule has 0 aromatic heterocycles. The molecule has 0 radical (unpaired) electrons. The molecule has 0 fully saturated rings. The number of nitrogens with zero attached hydrogens (tertiary/aromatic N) is 1. The van der Waals surface area contributed by atoms with Crippen molar-refractivity contribution in [1.29, 1.82) is 0 Å². The molecule has 110 valence electrons. The highest BCUT2D eigenvalue weighted by Gasteiger charge is 2.26. The molecule has 0 saturated carbocycles. The summed E-state index contributed by atoms with van der Waals surface area (Å²) in [7, 11) is 1.26. The molecule has 19 heavy (non-hydrogen) atoms. The van der Waals surface area contributed by atoms with Crippen molar-refractivity contribution in [2.24, 2.45) is 5.92 Å². The maximum atomic E-state index is 11.9. The Labute approximate surface area is 112 Å². The molecule has 0 aliphatic carbocycles. The van der Waals surface area contributed by atoms with Gasteiger partial charge < -0.3 is 20.1 Å². The number of amides is 2. The van der Waals surface area contributed by atoms with E-state index in [4.69, 9.17) is 5.11 Å². The monoisotopic (exact) mass is 274 g/mol. The van der Waals surface area contributed by atoms with E-state index in [-0.39, 0.29) is 18.9 Å². The molecule has 7 nitrogen and oxygen atoms in total. The van der Waals surface area contributed by atoms with Crippen LogP contribution in [-0.4, -0.2) is 54.2 Å². The van der Waals surface area contributed by atoms with Gasteiger partial charge in [0.2, 0.25) is 0 Å². The number of ether oxygens (including phenoxy) is 1. The lowest BCUT2D eigenvalue weighted by atomic mass is 10.1. The highest BCUT2D eigenvalue weighted by molar-refractivity contribution is 5.84. The van der Waals surface area contributed by atoms with Gasteiger partial charge in [0.05, 0.1) is 13.5 Å². The largest absolute Gasteiger partial charge is 0.481 e. The zero-order valence-electron chi connectivity index (χ0n) is 11.8. The van der Waals surface area contributed by atoms with Crippen LogP contribution in [0, 0.1) is 5.92 Å². The van der Waals surface area contributed by atoms with Gasteiger partial charge in [0.25, 0.3) is 0 Å². The predicted molar refractivity (Wildman–Crippen MR) is 68.7 cm³/mol. The number of esters is 1. The molecule has 0 aromatic carbocycles. The number of carbonyl (C=O) groups excluding carboxylic acids is 2. The van der Waals surface area contributed by atoms with E-state index in [2.05, 4.69) is 10.1 Å². The fourth-order valence-corrected chi connectivity index (χ4v) is 1.48. The van der Waals surface area contributed by atoms with Gasteiger partial charge in [-0.05, 0) is 12.8 Å². The van der Waals surface area contributed by atoms with Crippen LogP contribution >= 0.6 is 0 Å². The number of urea groups is 1. The lowest BCUT2D eigenvalue weighted by Gasteiger charge is -2.25. The molecule has 1 unspecified atom stereocenters. The second-order valence-corrected chi connectivity index (χ2v) is 4.42. The van der Waals surface area contributed by atoms with E-state index in [1.165, 1.54) is 12.0 Å². The first-order chi connectivity index (χ1) is 8.83. The third-order valence-corrected chi connectivity index (χ3v) is 2.67. The zero-order valence-corrected chi connectivity index (χ0v) is 11.8. The summed E-state index contributed by atoms with van der Waals surface area (Å²) in [5, 5.41) is 11.2. The predicted octanol–water partition coefficient (Wildman–Crippen LogP) is 0.690. The normalized spacial score (nSPS) is 11.8. The molecular formula is C12H22N2O5. The summed E-state index contributed by atoms with van der Waals surface area (Å²) in [6.45, 7) is 5.78. The number of carbonyl (C=O) groups is 3. The minimum atomic E-state index is -0.973. The van der Waals surface area contributed by atoms with Crippen molar-refractivity contribution in [3.05, 3.63) is 0 Å². The number of carboxylic acid groups (broad SMARTS) is 1. The average molecular weight is 274 g/mol. The van der Waals surface area contributed by atoms with Crippen LogP contribution in [0.25, 0.3) is 0 Å². The van der Waals surface area contributed by atoms with Gasteiger partial charge in [-0.25, -0.2) is 9.59 Å². The minimum Gasteiger partial charge on any atom is -0.481 e. The lowest BCUT2D eigenvalue weighted by Crippen LogP contribution is -2.50. The van der Waals surface area contributed by atoms with E-state index in [0.717, 1.165) is 0 Å². The molecule has 7 heteroatoms. The lowest BCUT2D eigenvalue weighted by molar-refractivity contribution is -0.144. The Kier molecular flexibility index (Phi) is 7.55. The molecule has 2 N–H and O–H groups in total. The van der Waals surface area contributed by atoms with Crippen molar-refractivity contribution in [2.45, 2.75) is 33.2 Å². The molecule has 0 aliphatic rings. The van der Waals surface area contributed by atoms with E-state index in [9.17, 15) is 14.4 Å². The summed E-state index contributed by atoms with van der Waals surface area (Å²) in [6, 6.07) is -1.20. The van der Waals surface area contributed by atoms with Gasteiger partial charge in [-0.2, -0.15) is 0 Å². The Morgan fingerprint density at radius 2 is 1.89 bits per heavy atom. The van der Waals surface area contributed by atoms with Crippen molar-refractivity contribution in [2.75, 3.05) is 20.2 Å². The van der Waals surface area contributed by atoms with E-state index in [1.807, 2.05) is 0 Å². The van der Waals surface area contributed by atoms with Crippen LogP contribution in [0.2, 0.25) is 0 Å². The Balaban J connectivity index is 4.59. The molecule has 0 bridgehead atoms. The van der Waals surface area contributed by atoms with E-state index in [0.29, 0.717) is 6.54 Å². The summed E-state index contributed by atoms with van der Waals surface area (Å²) in [5.74, 6) is -1.60. The van der Waals surface area contributed by atoms with Crippen molar-refractivity contribution < 1.29 is 24.2 Å². The maximum Gasteiger partial charge on any atom is 0.328 e. The van der Waals surface area contributed by atoms with E-state index in [1.54, 1.807) is 20.8 Å². The minimum absolute atomic E-state index is 0.101. The van der Waals surface area contributed by atoms with E-state index < -0.39 is 24.0 Å². The van der Waals surface area contributed by atoms with Crippen LogP contribution in [0.3, 0.4) is 0 Å². The SMILES string of the molecule is CCN(CCC(=O)O)C(=O)NC(C(=O)OC)C(C)C. The Bertz CT molecular complexity index is 330. The molecular weight excluding hydrogens is 252 g/mol. The maximum absolute atomic E-state index is 11.9. The van der Waals surface area contributed by atoms with Gasteiger partial charge in [-0.1, -0.05) is 13.8 Å². The highest BCUT2D eigenvalue weighted by atomic mass is 16.5. The first kappa shape index (κ1) is 17.2. The Morgan fingerprint density at radius 3 is 2.26 bits per heavy atom. The third-order valence-electron chi connectivity index (χ3n) is 2.67. The molecule has 0 saturated heterocycles. The summed E-state index contributed by atoms with van der Waals surface area (Å²) in [6.07, 6.45) is -0.133. The fraction of sp³-hybridized carbons (Fsp3) is 0.750. The van der Waals surface area contributed by atoms with Gasteiger partial charge in [-0.3, -0.25) is 4.79 Å². The number of rotatable bonds is 7. The van der Waals surface area contributed by atoms with E-state index >= 15 is 0 Å². The molecule has 0 aliphatic heterocycles. The number of hydrogen-bond donors (Lipinski definition) is 2. The molecule has 1 atom stereocenters. The first-order valence-corrected chi connectivity index (χ1v) is 6.18. The first-order valence-electron chi connectivity index (χ1n) is 6.18. The number of aliphatic carboxylic acids is 1. The third kappa shape index (κ3) is 6.08.